The van der Waals surface area contributed by atoms with E-state index < -0.39 is 27.5 Å². The molecule has 0 aliphatic carbocycles. The summed E-state index contributed by atoms with van der Waals surface area (Å²) in [5.41, 5.74) is 0.149. The van der Waals surface area contributed by atoms with Gasteiger partial charge in [-0.15, -0.1) is 10.2 Å². The maximum Gasteiger partial charge on any atom is 0.343 e. The number of carbonyl (C=O) groups is 2. The predicted octanol–water partition coefficient (Wildman–Crippen LogP) is 3.50. The van der Waals surface area contributed by atoms with Gasteiger partial charge in [-0.3, -0.25) is 10.1 Å². The average molecular weight is 507 g/mol. The number of nitriles is 1. The van der Waals surface area contributed by atoms with Crippen molar-refractivity contribution in [3.05, 3.63) is 70.0 Å². The number of ether oxygens (including phenoxy) is 1. The summed E-state index contributed by atoms with van der Waals surface area (Å²) in [7, 11) is -3.58. The Morgan fingerprint density at radius 2 is 1.91 bits per heavy atom. The molecule has 2 aromatic carbocycles. The molecule has 0 saturated carbocycles. The Labute approximate surface area is 196 Å². The van der Waals surface area contributed by atoms with Crippen LogP contribution in [-0.4, -0.2) is 36.7 Å². The second kappa shape index (κ2) is 9.86. The average Bonchev–Trinajstić information content (AvgIpc) is 3.23. The molecule has 9 nitrogen and oxygen atoms in total. The highest BCUT2D eigenvalue weighted by atomic mass is 35.5. The van der Waals surface area contributed by atoms with E-state index in [1.54, 1.807) is 6.07 Å². The van der Waals surface area contributed by atoms with E-state index in [0.29, 0.717) is 16.9 Å². The first-order chi connectivity index (χ1) is 15.6. The molecular weight excluding hydrogens is 495 g/mol. The Balaban J connectivity index is 1.74. The number of carbonyl (C=O) groups excluding carboxylic acids is 2. The standard InChI is InChI=1S/C20H12ClFN4O5S2/c1-33(29,30)20-26-25-19(32-20)24-17(27)13(10-23)8-11-2-7-16(15(21)9-11)31-18(28)12-3-5-14(22)6-4-12/h2-9H,1H3,(H,24,25,27)/b13-8-. The SMILES string of the molecule is CS(=O)(=O)c1nnc(NC(=O)/C(C#N)=C\c2ccc(OC(=O)c3ccc(F)cc3)c(Cl)c2)s1. The minimum atomic E-state index is -3.58. The summed E-state index contributed by atoms with van der Waals surface area (Å²) >= 11 is 6.79. The third-order valence-electron chi connectivity index (χ3n) is 3.86. The van der Waals surface area contributed by atoms with Crippen LogP contribution in [0.5, 0.6) is 5.75 Å². The molecule has 0 aliphatic heterocycles. The zero-order valence-electron chi connectivity index (χ0n) is 16.6. The van der Waals surface area contributed by atoms with Crippen LogP contribution in [0.25, 0.3) is 6.08 Å². The number of amides is 1. The summed E-state index contributed by atoms with van der Waals surface area (Å²) in [5.74, 6) is -2.06. The van der Waals surface area contributed by atoms with Gasteiger partial charge in [0.2, 0.25) is 19.3 Å². The number of hydrogen-bond acceptors (Lipinski definition) is 9. The highest BCUT2D eigenvalue weighted by Crippen LogP contribution is 2.27. The number of anilines is 1. The van der Waals surface area contributed by atoms with E-state index in [4.69, 9.17) is 16.3 Å². The van der Waals surface area contributed by atoms with Crippen molar-refractivity contribution < 1.29 is 27.1 Å². The summed E-state index contributed by atoms with van der Waals surface area (Å²) in [4.78, 5) is 24.5. The van der Waals surface area contributed by atoms with Gasteiger partial charge in [0.05, 0.1) is 10.6 Å². The fourth-order valence-electron chi connectivity index (χ4n) is 2.32. The highest BCUT2D eigenvalue weighted by molar-refractivity contribution is 7.92. The van der Waals surface area contributed by atoms with Crippen molar-refractivity contribution in [3.8, 4) is 11.8 Å². The Bertz CT molecular complexity index is 1410. The topological polar surface area (TPSA) is 139 Å². The lowest BCUT2D eigenvalue weighted by Gasteiger charge is -2.07. The van der Waals surface area contributed by atoms with E-state index in [1.165, 1.54) is 36.4 Å². The summed E-state index contributed by atoms with van der Waals surface area (Å²) in [6, 6.07) is 10.7. The minimum Gasteiger partial charge on any atom is -0.421 e. The molecule has 0 saturated heterocycles. The van der Waals surface area contributed by atoms with Crippen molar-refractivity contribution in [2.24, 2.45) is 0 Å². The molecule has 0 unspecified atom stereocenters. The number of nitrogens with zero attached hydrogens (tertiary/aromatic N) is 3. The fourth-order valence-corrected chi connectivity index (χ4v) is 4.06. The first kappa shape index (κ1) is 24.0. The van der Waals surface area contributed by atoms with Crippen molar-refractivity contribution in [1.82, 2.24) is 10.2 Å². The quantitative estimate of drug-likeness (QED) is 0.176. The van der Waals surface area contributed by atoms with Gasteiger partial charge in [0.1, 0.15) is 23.2 Å². The van der Waals surface area contributed by atoms with Crippen LogP contribution in [0, 0.1) is 17.1 Å². The zero-order chi connectivity index (χ0) is 24.2. The van der Waals surface area contributed by atoms with Gasteiger partial charge < -0.3 is 4.74 Å². The van der Waals surface area contributed by atoms with Gasteiger partial charge in [-0.05, 0) is 48.0 Å². The van der Waals surface area contributed by atoms with Gasteiger partial charge in [0.15, 0.2) is 0 Å². The van der Waals surface area contributed by atoms with Crippen LogP contribution in [-0.2, 0) is 14.6 Å². The number of rotatable bonds is 6. The van der Waals surface area contributed by atoms with E-state index >= 15 is 0 Å². The van der Waals surface area contributed by atoms with E-state index in [2.05, 4.69) is 15.5 Å². The van der Waals surface area contributed by atoms with Crippen molar-refractivity contribution in [1.29, 1.82) is 5.26 Å². The molecule has 33 heavy (non-hydrogen) atoms. The Hall–Kier alpha value is -3.66. The first-order valence-corrected chi connectivity index (χ1v) is 11.9. The largest absolute Gasteiger partial charge is 0.421 e. The van der Waals surface area contributed by atoms with Crippen LogP contribution in [0.1, 0.15) is 15.9 Å². The first-order valence-electron chi connectivity index (χ1n) is 8.81. The van der Waals surface area contributed by atoms with Gasteiger partial charge in [0, 0.05) is 6.26 Å². The van der Waals surface area contributed by atoms with Crippen molar-refractivity contribution >= 4 is 55.9 Å². The van der Waals surface area contributed by atoms with Gasteiger partial charge >= 0.3 is 5.97 Å². The number of sulfone groups is 1. The third-order valence-corrected chi connectivity index (χ3v) is 6.66. The molecular formula is C20H12ClFN4O5S2. The minimum absolute atomic E-state index is 0.0215. The molecule has 3 aromatic rings. The Kier molecular flexibility index (Phi) is 7.17. The number of aromatic nitrogens is 2. The van der Waals surface area contributed by atoms with Gasteiger partial charge in [-0.1, -0.05) is 29.0 Å². The molecule has 3 rings (SSSR count). The Morgan fingerprint density at radius 3 is 2.48 bits per heavy atom. The predicted molar refractivity (Wildman–Crippen MR) is 118 cm³/mol. The number of benzene rings is 2. The monoisotopic (exact) mass is 506 g/mol. The second-order valence-corrected chi connectivity index (χ2v) is 9.93. The highest BCUT2D eigenvalue weighted by Gasteiger charge is 2.18. The molecule has 0 aliphatic rings. The molecule has 1 heterocycles. The van der Waals surface area contributed by atoms with Crippen LogP contribution < -0.4 is 10.1 Å². The van der Waals surface area contributed by atoms with Gasteiger partial charge in [0.25, 0.3) is 5.91 Å². The molecule has 1 N–H and O–H groups in total. The number of hydrogen-bond donors (Lipinski definition) is 1. The summed E-state index contributed by atoms with van der Waals surface area (Å²) in [6.07, 6.45) is 2.18. The van der Waals surface area contributed by atoms with E-state index in [1.807, 2.05) is 0 Å². The van der Waals surface area contributed by atoms with Gasteiger partial charge in [-0.2, -0.15) is 5.26 Å². The van der Waals surface area contributed by atoms with Crippen molar-refractivity contribution in [2.45, 2.75) is 4.34 Å². The zero-order valence-corrected chi connectivity index (χ0v) is 19.0. The van der Waals surface area contributed by atoms with Crippen molar-refractivity contribution in [3.63, 3.8) is 0 Å². The summed E-state index contributed by atoms with van der Waals surface area (Å²) < 4.78 is 40.8. The lowest BCUT2D eigenvalue weighted by molar-refractivity contribution is -0.112. The molecule has 0 atom stereocenters. The smallest absolute Gasteiger partial charge is 0.343 e. The van der Waals surface area contributed by atoms with Crippen LogP contribution >= 0.6 is 22.9 Å². The lowest BCUT2D eigenvalue weighted by Crippen LogP contribution is -2.13. The molecule has 168 valence electrons. The third kappa shape index (κ3) is 6.19. The van der Waals surface area contributed by atoms with Crippen LogP contribution in [0.3, 0.4) is 0 Å². The maximum absolute atomic E-state index is 13.0. The van der Waals surface area contributed by atoms with Gasteiger partial charge in [-0.25, -0.2) is 17.6 Å². The van der Waals surface area contributed by atoms with Crippen LogP contribution in [0.15, 0.2) is 52.4 Å². The molecule has 0 bridgehead atoms. The molecule has 0 spiro atoms. The number of halogens is 2. The number of nitrogens with one attached hydrogen (secondary N) is 1. The summed E-state index contributed by atoms with van der Waals surface area (Å²) in [5, 5.41) is 18.6. The molecule has 1 amide bonds. The van der Waals surface area contributed by atoms with Crippen LogP contribution in [0.2, 0.25) is 5.02 Å². The van der Waals surface area contributed by atoms with E-state index in [9.17, 15) is 27.7 Å². The van der Waals surface area contributed by atoms with E-state index in [0.717, 1.165) is 18.4 Å². The molecule has 1 aromatic heterocycles. The molecule has 13 heteroatoms. The van der Waals surface area contributed by atoms with E-state index in [-0.39, 0.29) is 31.4 Å². The second-order valence-electron chi connectivity index (χ2n) is 6.36. The fraction of sp³-hybridized carbons (Fsp3) is 0.0500. The van der Waals surface area contributed by atoms with Crippen molar-refractivity contribution in [2.75, 3.05) is 11.6 Å². The van der Waals surface area contributed by atoms with Crippen LogP contribution in [0.4, 0.5) is 9.52 Å². The lowest BCUT2D eigenvalue weighted by atomic mass is 10.1. The molecule has 0 fully saturated rings. The maximum atomic E-state index is 13.0. The number of esters is 1. The molecule has 0 radical (unpaired) electrons. The summed E-state index contributed by atoms with van der Waals surface area (Å²) in [6.45, 7) is 0. The Morgan fingerprint density at radius 1 is 1.21 bits per heavy atom. The normalized spacial score (nSPS) is 11.5.